The number of unbranched alkanes of at least 4 members (excludes halogenated alkanes) is 13. The highest BCUT2D eigenvalue weighted by atomic mass is 28.4. The van der Waals surface area contributed by atoms with Crippen LogP contribution in [0.1, 0.15) is 103 Å². The van der Waals surface area contributed by atoms with Gasteiger partial charge in [0.2, 0.25) is 9.76 Å². The summed E-state index contributed by atoms with van der Waals surface area (Å²) in [4.78, 5) is 0. The predicted octanol–water partition coefficient (Wildman–Crippen LogP) is 9.32. The van der Waals surface area contributed by atoms with Crippen LogP contribution in [0.4, 0.5) is 0 Å². The van der Waals surface area contributed by atoms with E-state index in [1.54, 1.807) is 0 Å². The molecule has 2 nitrogen and oxygen atoms in total. The van der Waals surface area contributed by atoms with Gasteiger partial charge < -0.3 is 8.23 Å². The summed E-state index contributed by atoms with van der Waals surface area (Å²) < 4.78 is 12.6. The van der Waals surface area contributed by atoms with Crippen molar-refractivity contribution in [1.29, 1.82) is 0 Å². The lowest BCUT2D eigenvalue weighted by atomic mass is 10.1. The molecule has 0 aliphatic heterocycles. The molecule has 0 rings (SSSR count). The van der Waals surface area contributed by atoms with Gasteiger partial charge in [0.25, 0.3) is 0 Å². The van der Waals surface area contributed by atoms with E-state index in [1.807, 2.05) is 0 Å². The van der Waals surface area contributed by atoms with Crippen LogP contribution in [0.2, 0.25) is 57.4 Å². The van der Waals surface area contributed by atoms with Crippen molar-refractivity contribution in [3.8, 4) is 0 Å². The second-order valence-corrected chi connectivity index (χ2v) is 23.8. The topological polar surface area (TPSA) is 18.5 Å². The first-order valence-electron chi connectivity index (χ1n) is 13.8. The molecule has 0 bridgehead atoms. The third-order valence-corrected chi connectivity index (χ3v) is 16.7. The van der Waals surface area contributed by atoms with Crippen molar-refractivity contribution in [3.63, 3.8) is 0 Å². The molecule has 0 N–H and O–H groups in total. The standard InChI is InChI=1S/C25H58O2Si4/c1-8-9-10-11-12-13-15-18-21-24-30(4,5)27-31(6,7)25-22-19-16-14-17-20-23-28-26-29(2)3/h29H,8-25H2,1-7H3. The molecule has 0 aromatic carbocycles. The third kappa shape index (κ3) is 23.7. The van der Waals surface area contributed by atoms with Gasteiger partial charge in [-0.2, -0.15) is 0 Å². The zero-order chi connectivity index (χ0) is 23.4. The molecule has 0 fully saturated rings. The Bertz CT molecular complexity index is 390. The van der Waals surface area contributed by atoms with Crippen molar-refractivity contribution >= 4 is 35.4 Å². The maximum absolute atomic E-state index is 6.86. The Morgan fingerprint density at radius 3 is 1.39 bits per heavy atom. The molecular formula is C25H58O2Si4. The first-order chi connectivity index (χ1) is 14.7. The quantitative estimate of drug-likeness (QED) is 0.102. The van der Waals surface area contributed by atoms with Gasteiger partial charge in [0.05, 0.1) is 0 Å². The van der Waals surface area contributed by atoms with Crippen LogP contribution < -0.4 is 0 Å². The second-order valence-electron chi connectivity index (χ2n) is 11.1. The van der Waals surface area contributed by atoms with E-state index in [-0.39, 0.29) is 0 Å². The molecule has 0 saturated carbocycles. The molecule has 186 valence electrons. The highest BCUT2D eigenvalue weighted by Gasteiger charge is 2.32. The van der Waals surface area contributed by atoms with Crippen LogP contribution in [-0.2, 0) is 8.23 Å². The third-order valence-electron chi connectivity index (χ3n) is 6.06. The van der Waals surface area contributed by atoms with Crippen LogP contribution in [0.3, 0.4) is 0 Å². The van der Waals surface area contributed by atoms with Crippen LogP contribution in [0.15, 0.2) is 0 Å². The van der Waals surface area contributed by atoms with Crippen molar-refractivity contribution in [2.45, 2.75) is 161 Å². The Labute approximate surface area is 204 Å². The molecule has 0 aromatic rings. The maximum Gasteiger partial charge on any atom is 0.214 e. The molecule has 0 heterocycles. The molecule has 0 atom stereocenters. The van der Waals surface area contributed by atoms with Crippen molar-refractivity contribution in [3.05, 3.63) is 0 Å². The number of rotatable bonds is 23. The molecule has 0 saturated heterocycles. The lowest BCUT2D eigenvalue weighted by Gasteiger charge is -2.34. The Morgan fingerprint density at radius 2 is 0.968 bits per heavy atom. The van der Waals surface area contributed by atoms with Gasteiger partial charge in [-0.3, -0.25) is 0 Å². The highest BCUT2D eigenvalue weighted by molar-refractivity contribution is 6.84. The molecular weight excluding hydrogens is 445 g/mol. The van der Waals surface area contributed by atoms with Gasteiger partial charge in [-0.05, 0) is 57.4 Å². The van der Waals surface area contributed by atoms with E-state index < -0.39 is 25.7 Å². The Balaban J connectivity index is 3.67. The fraction of sp³-hybridized carbons (Fsp3) is 1.00. The van der Waals surface area contributed by atoms with Gasteiger partial charge >= 0.3 is 0 Å². The summed E-state index contributed by atoms with van der Waals surface area (Å²) in [7, 11) is -2.98. The van der Waals surface area contributed by atoms with Gasteiger partial charge in [0.15, 0.2) is 25.7 Å². The van der Waals surface area contributed by atoms with Gasteiger partial charge in [-0.1, -0.05) is 103 Å². The van der Waals surface area contributed by atoms with Crippen molar-refractivity contribution < 1.29 is 8.23 Å². The molecule has 2 radical (unpaired) electrons. The Kier molecular flexibility index (Phi) is 20.7. The first kappa shape index (κ1) is 31.8. The molecule has 0 unspecified atom stereocenters. The van der Waals surface area contributed by atoms with Gasteiger partial charge in [-0.15, -0.1) is 0 Å². The first-order valence-corrected chi connectivity index (χ1v) is 23.9. The average Bonchev–Trinajstić information content (AvgIpc) is 2.67. The molecule has 6 heteroatoms. The van der Waals surface area contributed by atoms with E-state index in [0.29, 0.717) is 0 Å². The summed E-state index contributed by atoms with van der Waals surface area (Å²) >= 11 is 0. The molecule has 0 aliphatic rings. The average molecular weight is 503 g/mol. The summed E-state index contributed by atoms with van der Waals surface area (Å²) in [5.74, 6) is 0. The van der Waals surface area contributed by atoms with Crippen LogP contribution in [0.25, 0.3) is 0 Å². The van der Waals surface area contributed by atoms with E-state index in [0.717, 1.165) is 9.76 Å². The highest BCUT2D eigenvalue weighted by Crippen LogP contribution is 2.26. The minimum Gasteiger partial charge on any atom is -0.459 e. The lowest BCUT2D eigenvalue weighted by molar-refractivity contribution is 0.517. The largest absolute Gasteiger partial charge is 0.459 e. The summed E-state index contributed by atoms with van der Waals surface area (Å²) in [6, 6.07) is 4.01. The second kappa shape index (κ2) is 20.2. The SMILES string of the molecule is CCCCCCCCCCC[Si](C)(C)O[Si](C)(C)CCCCCCCC[Si]O[SiH](C)C. The van der Waals surface area contributed by atoms with Gasteiger partial charge in [-0.25, -0.2) is 0 Å². The van der Waals surface area contributed by atoms with Gasteiger partial charge in [0, 0.05) is 0 Å². The van der Waals surface area contributed by atoms with Crippen molar-refractivity contribution in [1.82, 2.24) is 0 Å². The normalized spacial score (nSPS) is 12.8. The van der Waals surface area contributed by atoms with Crippen LogP contribution in [0.5, 0.6) is 0 Å². The van der Waals surface area contributed by atoms with E-state index in [4.69, 9.17) is 8.23 Å². The van der Waals surface area contributed by atoms with E-state index in [9.17, 15) is 0 Å². The monoisotopic (exact) mass is 502 g/mol. The molecule has 0 spiro atoms. The predicted molar refractivity (Wildman–Crippen MR) is 151 cm³/mol. The summed E-state index contributed by atoms with van der Waals surface area (Å²) in [5, 5.41) is 0. The van der Waals surface area contributed by atoms with Crippen LogP contribution in [0, 0.1) is 0 Å². The van der Waals surface area contributed by atoms with E-state index >= 15 is 0 Å². The fourth-order valence-corrected chi connectivity index (χ4v) is 15.6. The van der Waals surface area contributed by atoms with Crippen molar-refractivity contribution in [2.24, 2.45) is 0 Å². The zero-order valence-corrected chi connectivity index (χ0v) is 26.8. The number of hydrogen-bond acceptors (Lipinski definition) is 2. The minimum absolute atomic E-state index is 0.765. The van der Waals surface area contributed by atoms with Crippen LogP contribution in [-0.4, -0.2) is 35.4 Å². The molecule has 0 amide bonds. The smallest absolute Gasteiger partial charge is 0.214 e. The summed E-state index contributed by atoms with van der Waals surface area (Å²) in [5.41, 5.74) is 0. The molecule has 31 heavy (non-hydrogen) atoms. The lowest BCUT2D eigenvalue weighted by Crippen LogP contribution is -2.44. The Morgan fingerprint density at radius 1 is 0.581 bits per heavy atom. The summed E-state index contributed by atoms with van der Waals surface area (Å²) in [6.07, 6.45) is 21.2. The molecule has 0 aromatic heterocycles. The van der Waals surface area contributed by atoms with Crippen LogP contribution >= 0.6 is 0 Å². The summed E-state index contributed by atoms with van der Waals surface area (Å²) in [6.45, 7) is 16.7. The van der Waals surface area contributed by atoms with Crippen molar-refractivity contribution in [2.75, 3.05) is 0 Å². The number of hydrogen-bond donors (Lipinski definition) is 0. The maximum atomic E-state index is 6.86. The van der Waals surface area contributed by atoms with E-state index in [2.05, 4.69) is 46.2 Å². The minimum atomic E-state index is -1.48. The Hall–Kier alpha value is 0.788. The van der Waals surface area contributed by atoms with E-state index in [1.165, 1.54) is 114 Å². The molecule has 0 aliphatic carbocycles. The van der Waals surface area contributed by atoms with Gasteiger partial charge in [0.1, 0.15) is 0 Å². The zero-order valence-electron chi connectivity index (χ0n) is 22.6. The fourth-order valence-electron chi connectivity index (χ4n) is 4.39.